The van der Waals surface area contributed by atoms with Crippen molar-refractivity contribution in [2.45, 2.75) is 44.7 Å². The average molecular weight is 459 g/mol. The van der Waals surface area contributed by atoms with Gasteiger partial charge >= 0.3 is 0 Å². The van der Waals surface area contributed by atoms with Crippen LogP contribution >= 0.6 is 34.7 Å². The first-order valence-electron chi connectivity index (χ1n) is 9.76. The molecule has 0 atom stereocenters. The summed E-state index contributed by atoms with van der Waals surface area (Å²) in [7, 11) is 0. The number of rotatable bonds is 5. The molecule has 5 nitrogen and oxygen atoms in total. The van der Waals surface area contributed by atoms with Gasteiger partial charge in [0.1, 0.15) is 0 Å². The van der Waals surface area contributed by atoms with Crippen LogP contribution in [0.3, 0.4) is 0 Å². The molecule has 1 aromatic carbocycles. The predicted molar refractivity (Wildman–Crippen MR) is 125 cm³/mol. The quantitative estimate of drug-likeness (QED) is 0.349. The van der Waals surface area contributed by atoms with Crippen LogP contribution in [-0.2, 0) is 4.79 Å². The largest absolute Gasteiger partial charge is 0.324 e. The first-order chi connectivity index (χ1) is 14.3. The van der Waals surface area contributed by atoms with Crippen LogP contribution in [0.5, 0.6) is 0 Å². The number of thiazole rings is 1. The van der Waals surface area contributed by atoms with Crippen molar-refractivity contribution in [3.63, 3.8) is 0 Å². The predicted octanol–water partition coefficient (Wildman–Crippen LogP) is 6.50. The number of thioether (sulfide) groups is 1. The molecule has 30 heavy (non-hydrogen) atoms. The molecule has 1 saturated carbocycles. The Morgan fingerprint density at radius 3 is 2.67 bits per heavy atom. The van der Waals surface area contributed by atoms with E-state index in [9.17, 15) is 4.79 Å². The monoisotopic (exact) mass is 458 g/mol. The Hall–Kier alpha value is -1.96. The van der Waals surface area contributed by atoms with E-state index in [-0.39, 0.29) is 5.91 Å². The van der Waals surface area contributed by atoms with E-state index in [1.54, 1.807) is 17.5 Å². The molecule has 0 unspecified atom stereocenters. The molecule has 1 N–H and O–H groups in total. The molecule has 1 aliphatic carbocycles. The van der Waals surface area contributed by atoms with Gasteiger partial charge in [-0.25, -0.2) is 15.0 Å². The number of benzene rings is 1. The van der Waals surface area contributed by atoms with Gasteiger partial charge in [0, 0.05) is 23.1 Å². The standard InChI is InChI=1S/C22H23ClN4OS2/c1-22(2,3)20(28)25-14-7-5-6-13(16(14)23)17-18(30-19(27-17)12-8-9-12)15-10-11-24-21(26-15)29-4/h5-7,10-12H,8-9H2,1-4H3,(H,25,28). The highest BCUT2D eigenvalue weighted by molar-refractivity contribution is 7.98. The molecule has 0 saturated heterocycles. The molecule has 1 fully saturated rings. The van der Waals surface area contributed by atoms with Crippen LogP contribution in [0, 0.1) is 5.41 Å². The molecule has 3 aromatic rings. The Bertz CT molecular complexity index is 1100. The van der Waals surface area contributed by atoms with Gasteiger partial charge in [0.25, 0.3) is 0 Å². The fraction of sp³-hybridized carbons (Fsp3) is 0.364. The fourth-order valence-corrected chi connectivity index (χ4v) is 4.72. The maximum atomic E-state index is 12.5. The Kier molecular flexibility index (Phi) is 5.88. The number of amides is 1. The van der Waals surface area contributed by atoms with E-state index in [2.05, 4.69) is 15.3 Å². The second-order valence-corrected chi connectivity index (χ2v) is 10.5. The van der Waals surface area contributed by atoms with Gasteiger partial charge in [-0.15, -0.1) is 11.3 Å². The number of anilines is 1. The van der Waals surface area contributed by atoms with Crippen LogP contribution < -0.4 is 5.32 Å². The Labute approximate surface area is 189 Å². The topological polar surface area (TPSA) is 67.8 Å². The Morgan fingerprint density at radius 1 is 1.23 bits per heavy atom. The number of nitrogens with zero attached hydrogens (tertiary/aromatic N) is 3. The Balaban J connectivity index is 1.80. The van der Waals surface area contributed by atoms with Gasteiger partial charge in [-0.05, 0) is 31.2 Å². The van der Waals surface area contributed by atoms with E-state index >= 15 is 0 Å². The smallest absolute Gasteiger partial charge is 0.229 e. The van der Waals surface area contributed by atoms with E-state index in [1.807, 2.05) is 51.3 Å². The van der Waals surface area contributed by atoms with Crippen LogP contribution in [0.4, 0.5) is 5.69 Å². The van der Waals surface area contributed by atoms with Gasteiger partial charge in [0.15, 0.2) is 5.16 Å². The van der Waals surface area contributed by atoms with Crippen molar-refractivity contribution in [3.8, 4) is 21.8 Å². The lowest BCUT2D eigenvalue weighted by atomic mass is 9.95. The maximum absolute atomic E-state index is 12.5. The summed E-state index contributed by atoms with van der Waals surface area (Å²) in [6.07, 6.45) is 6.07. The van der Waals surface area contributed by atoms with Crippen molar-refractivity contribution < 1.29 is 4.79 Å². The van der Waals surface area contributed by atoms with Gasteiger partial charge in [-0.2, -0.15) is 0 Å². The average Bonchev–Trinajstić information content (AvgIpc) is 3.48. The van der Waals surface area contributed by atoms with Crippen molar-refractivity contribution in [1.82, 2.24) is 15.0 Å². The zero-order chi connectivity index (χ0) is 21.5. The van der Waals surface area contributed by atoms with E-state index in [0.29, 0.717) is 16.6 Å². The van der Waals surface area contributed by atoms with Crippen LogP contribution in [0.1, 0.15) is 44.5 Å². The SMILES string of the molecule is CSc1nccc(-c2sc(C3CC3)nc2-c2cccc(NC(=O)C(C)(C)C)c2Cl)n1. The summed E-state index contributed by atoms with van der Waals surface area (Å²) < 4.78 is 0. The number of halogens is 1. The molecule has 156 valence electrons. The molecule has 1 aliphatic rings. The fourth-order valence-electron chi connectivity index (χ4n) is 2.88. The molecule has 8 heteroatoms. The van der Waals surface area contributed by atoms with Crippen molar-refractivity contribution >= 4 is 46.3 Å². The minimum absolute atomic E-state index is 0.0841. The molecule has 4 rings (SSSR count). The molecule has 0 spiro atoms. The maximum Gasteiger partial charge on any atom is 0.229 e. The number of carbonyl (C=O) groups is 1. The zero-order valence-electron chi connectivity index (χ0n) is 17.3. The van der Waals surface area contributed by atoms with Gasteiger partial charge in [0.05, 0.1) is 32.0 Å². The first kappa shape index (κ1) is 21.3. The number of nitrogens with one attached hydrogen (secondary N) is 1. The molecule has 2 heterocycles. The summed E-state index contributed by atoms with van der Waals surface area (Å²) in [4.78, 5) is 27.4. The van der Waals surface area contributed by atoms with Crippen LogP contribution in [0.2, 0.25) is 5.02 Å². The molecule has 0 bridgehead atoms. The number of aromatic nitrogens is 3. The minimum Gasteiger partial charge on any atom is -0.324 e. The Morgan fingerprint density at radius 2 is 2.00 bits per heavy atom. The highest BCUT2D eigenvalue weighted by Crippen LogP contribution is 2.48. The first-order valence-corrected chi connectivity index (χ1v) is 12.2. The number of hydrogen-bond acceptors (Lipinski definition) is 6. The van der Waals surface area contributed by atoms with Gasteiger partial charge in [-0.3, -0.25) is 4.79 Å². The summed E-state index contributed by atoms with van der Waals surface area (Å²) >= 11 is 9.95. The highest BCUT2D eigenvalue weighted by atomic mass is 35.5. The third kappa shape index (κ3) is 4.38. The lowest BCUT2D eigenvalue weighted by Crippen LogP contribution is -2.27. The molecule has 1 amide bonds. The summed E-state index contributed by atoms with van der Waals surface area (Å²) in [5.74, 6) is 0.436. The lowest BCUT2D eigenvalue weighted by molar-refractivity contribution is -0.123. The molecule has 0 aliphatic heterocycles. The van der Waals surface area contributed by atoms with E-state index in [0.717, 1.165) is 32.0 Å². The molecular formula is C22H23ClN4OS2. The van der Waals surface area contributed by atoms with E-state index in [4.69, 9.17) is 16.6 Å². The molecular weight excluding hydrogens is 436 g/mol. The summed E-state index contributed by atoms with van der Waals surface area (Å²) in [5, 5.41) is 5.28. The second-order valence-electron chi connectivity index (χ2n) is 8.30. The van der Waals surface area contributed by atoms with Gasteiger partial charge < -0.3 is 5.32 Å². The molecule has 2 aromatic heterocycles. The van der Waals surface area contributed by atoms with Crippen molar-refractivity contribution in [2.24, 2.45) is 5.41 Å². The van der Waals surface area contributed by atoms with Crippen LogP contribution in [0.25, 0.3) is 21.8 Å². The van der Waals surface area contributed by atoms with Crippen LogP contribution in [0.15, 0.2) is 35.6 Å². The third-order valence-electron chi connectivity index (χ3n) is 4.80. The minimum atomic E-state index is -0.514. The van der Waals surface area contributed by atoms with Gasteiger partial charge in [0.2, 0.25) is 5.91 Å². The van der Waals surface area contributed by atoms with Crippen LogP contribution in [-0.4, -0.2) is 27.1 Å². The van der Waals surface area contributed by atoms with Crippen molar-refractivity contribution in [3.05, 3.63) is 40.5 Å². The van der Waals surface area contributed by atoms with Crippen molar-refractivity contribution in [2.75, 3.05) is 11.6 Å². The zero-order valence-corrected chi connectivity index (χ0v) is 19.7. The molecule has 0 radical (unpaired) electrons. The van der Waals surface area contributed by atoms with Gasteiger partial charge in [-0.1, -0.05) is 56.3 Å². The summed E-state index contributed by atoms with van der Waals surface area (Å²) in [6, 6.07) is 7.57. The number of carbonyl (C=O) groups excluding carboxylic acids is 1. The lowest BCUT2D eigenvalue weighted by Gasteiger charge is -2.19. The van der Waals surface area contributed by atoms with E-state index < -0.39 is 5.41 Å². The number of hydrogen-bond donors (Lipinski definition) is 1. The van der Waals surface area contributed by atoms with E-state index in [1.165, 1.54) is 24.6 Å². The van der Waals surface area contributed by atoms with Crippen molar-refractivity contribution in [1.29, 1.82) is 0 Å². The summed E-state index contributed by atoms with van der Waals surface area (Å²) in [5.41, 5.74) is 2.53. The third-order valence-corrected chi connectivity index (χ3v) is 7.01. The highest BCUT2D eigenvalue weighted by Gasteiger charge is 2.30. The normalized spacial score (nSPS) is 14.0. The second kappa shape index (κ2) is 8.29. The summed E-state index contributed by atoms with van der Waals surface area (Å²) in [6.45, 7) is 5.62.